The van der Waals surface area contributed by atoms with Crippen molar-refractivity contribution >= 4 is 17.5 Å². The number of aromatic nitrogens is 4. The van der Waals surface area contributed by atoms with Crippen LogP contribution in [0.15, 0.2) is 41.3 Å². The number of anilines is 3. The van der Waals surface area contributed by atoms with Crippen molar-refractivity contribution in [2.75, 3.05) is 30.0 Å². The van der Waals surface area contributed by atoms with Crippen LogP contribution in [0.1, 0.15) is 31.0 Å². The lowest BCUT2D eigenvalue weighted by atomic mass is 9.95. The fourth-order valence-corrected chi connectivity index (χ4v) is 4.26. The third-order valence-corrected chi connectivity index (χ3v) is 5.88. The maximum absolute atomic E-state index is 11.5. The summed E-state index contributed by atoms with van der Waals surface area (Å²) in [6.45, 7) is 4.51. The highest BCUT2D eigenvalue weighted by atomic mass is 16.5. The van der Waals surface area contributed by atoms with E-state index in [4.69, 9.17) is 14.7 Å². The van der Waals surface area contributed by atoms with Gasteiger partial charge >= 0.3 is 0 Å². The zero-order chi connectivity index (χ0) is 21.2. The van der Waals surface area contributed by atoms with E-state index in [-0.39, 0.29) is 5.56 Å². The lowest BCUT2D eigenvalue weighted by molar-refractivity contribution is 0.0984. The quantitative estimate of drug-likeness (QED) is 0.672. The van der Waals surface area contributed by atoms with Gasteiger partial charge in [0.2, 0.25) is 5.95 Å². The highest BCUT2D eigenvalue weighted by Crippen LogP contribution is 2.32. The molecule has 2 N–H and O–H groups in total. The van der Waals surface area contributed by atoms with Crippen molar-refractivity contribution in [3.8, 4) is 11.4 Å². The molecule has 1 fully saturated rings. The summed E-state index contributed by atoms with van der Waals surface area (Å²) in [7, 11) is 0. The van der Waals surface area contributed by atoms with E-state index >= 15 is 0 Å². The van der Waals surface area contributed by atoms with Gasteiger partial charge in [-0.3, -0.25) is 9.78 Å². The molecule has 8 nitrogen and oxygen atoms in total. The SMILES string of the molecule is C[C@H]1COCCN1c1nc(-c2ccc(Nc3nccc(=O)[nH]3)cc2)nc2c1CCCC2. The minimum Gasteiger partial charge on any atom is -0.377 e. The fourth-order valence-electron chi connectivity index (χ4n) is 4.26. The third kappa shape index (κ3) is 4.16. The first-order chi connectivity index (χ1) is 15.2. The largest absolute Gasteiger partial charge is 0.377 e. The summed E-state index contributed by atoms with van der Waals surface area (Å²) in [6.07, 6.45) is 5.89. The van der Waals surface area contributed by atoms with Crippen LogP contribution in [0.4, 0.5) is 17.5 Å². The molecule has 2 aromatic heterocycles. The predicted molar refractivity (Wildman–Crippen MR) is 120 cm³/mol. The molecule has 0 spiro atoms. The fraction of sp³-hybridized carbons (Fsp3) is 0.391. The molecule has 0 saturated carbocycles. The zero-order valence-corrected chi connectivity index (χ0v) is 17.6. The molecule has 0 unspecified atom stereocenters. The lowest BCUT2D eigenvalue weighted by Crippen LogP contribution is -2.45. The van der Waals surface area contributed by atoms with Crippen LogP contribution in [0, 0.1) is 0 Å². The van der Waals surface area contributed by atoms with E-state index in [1.54, 1.807) is 0 Å². The molecule has 1 aliphatic carbocycles. The molecule has 8 heteroatoms. The first kappa shape index (κ1) is 19.7. The van der Waals surface area contributed by atoms with Crippen molar-refractivity contribution in [3.63, 3.8) is 0 Å². The van der Waals surface area contributed by atoms with Crippen molar-refractivity contribution in [3.05, 3.63) is 58.1 Å². The van der Waals surface area contributed by atoms with E-state index < -0.39 is 0 Å². The van der Waals surface area contributed by atoms with Crippen LogP contribution in [-0.2, 0) is 17.6 Å². The van der Waals surface area contributed by atoms with Gasteiger partial charge in [-0.2, -0.15) is 0 Å². The van der Waals surface area contributed by atoms with Gasteiger partial charge in [-0.1, -0.05) is 0 Å². The van der Waals surface area contributed by atoms with E-state index in [0.717, 1.165) is 55.5 Å². The molecule has 31 heavy (non-hydrogen) atoms. The van der Waals surface area contributed by atoms with Crippen LogP contribution in [0.3, 0.4) is 0 Å². The van der Waals surface area contributed by atoms with Crippen molar-refractivity contribution < 1.29 is 4.74 Å². The highest BCUT2D eigenvalue weighted by Gasteiger charge is 2.27. The van der Waals surface area contributed by atoms with Crippen molar-refractivity contribution in [2.24, 2.45) is 0 Å². The van der Waals surface area contributed by atoms with Gasteiger partial charge in [-0.25, -0.2) is 15.0 Å². The van der Waals surface area contributed by atoms with Gasteiger partial charge in [0.25, 0.3) is 5.56 Å². The Balaban J connectivity index is 1.47. The molecule has 5 rings (SSSR count). The van der Waals surface area contributed by atoms with E-state index in [1.807, 2.05) is 24.3 Å². The second-order valence-electron chi connectivity index (χ2n) is 8.11. The minimum atomic E-state index is -0.193. The molecular formula is C23H26N6O2. The molecule has 2 aliphatic rings. The normalized spacial score (nSPS) is 18.5. The monoisotopic (exact) mass is 418 g/mol. The number of ether oxygens (including phenoxy) is 1. The Labute approximate surface area is 180 Å². The number of benzene rings is 1. The Hall–Kier alpha value is -3.26. The number of fused-ring (bicyclic) bond motifs is 1. The molecule has 1 aromatic carbocycles. The molecule has 0 bridgehead atoms. The number of nitrogens with zero attached hydrogens (tertiary/aromatic N) is 4. The minimum absolute atomic E-state index is 0.193. The maximum Gasteiger partial charge on any atom is 0.252 e. The highest BCUT2D eigenvalue weighted by molar-refractivity contribution is 5.65. The average Bonchev–Trinajstić information content (AvgIpc) is 2.79. The van der Waals surface area contributed by atoms with Gasteiger partial charge in [-0.15, -0.1) is 0 Å². The number of rotatable bonds is 4. The maximum atomic E-state index is 11.5. The standard InChI is InChI=1S/C23H26N6O2/c1-15-14-31-13-12-29(15)22-18-4-2-3-5-19(18)26-21(28-22)16-6-8-17(9-7-16)25-23-24-11-10-20(30)27-23/h6-11,15H,2-5,12-14H2,1H3,(H2,24,25,27,30)/t15-/m0/s1. The molecule has 3 heterocycles. The summed E-state index contributed by atoms with van der Waals surface area (Å²) in [5, 5.41) is 3.11. The zero-order valence-electron chi connectivity index (χ0n) is 17.6. The van der Waals surface area contributed by atoms with Crippen LogP contribution in [0.25, 0.3) is 11.4 Å². The van der Waals surface area contributed by atoms with Crippen molar-refractivity contribution in [1.29, 1.82) is 0 Å². The van der Waals surface area contributed by atoms with E-state index in [0.29, 0.717) is 12.0 Å². The Kier molecular flexibility index (Phi) is 5.38. The molecule has 1 saturated heterocycles. The molecule has 3 aromatic rings. The van der Waals surface area contributed by atoms with Gasteiger partial charge in [0, 0.05) is 41.3 Å². The number of H-pyrrole nitrogens is 1. The molecule has 1 atom stereocenters. The predicted octanol–water partition coefficient (Wildman–Crippen LogP) is 3.07. The molecule has 0 radical (unpaired) electrons. The lowest BCUT2D eigenvalue weighted by Gasteiger charge is -2.36. The summed E-state index contributed by atoms with van der Waals surface area (Å²) >= 11 is 0. The van der Waals surface area contributed by atoms with Crippen LogP contribution in [0.2, 0.25) is 0 Å². The van der Waals surface area contributed by atoms with Crippen LogP contribution >= 0.6 is 0 Å². The first-order valence-electron chi connectivity index (χ1n) is 10.8. The molecular weight excluding hydrogens is 392 g/mol. The average molecular weight is 419 g/mol. The number of hydrogen-bond acceptors (Lipinski definition) is 7. The van der Waals surface area contributed by atoms with E-state index in [9.17, 15) is 4.79 Å². The molecule has 0 amide bonds. The van der Waals surface area contributed by atoms with Gasteiger partial charge in [-0.05, 0) is 56.9 Å². The Bertz CT molecular complexity index is 1130. The summed E-state index contributed by atoms with van der Waals surface area (Å²) in [5.74, 6) is 2.24. The second-order valence-corrected chi connectivity index (χ2v) is 8.11. The second kappa shape index (κ2) is 8.47. The van der Waals surface area contributed by atoms with Gasteiger partial charge in [0.15, 0.2) is 5.82 Å². The van der Waals surface area contributed by atoms with Crippen molar-refractivity contribution in [1.82, 2.24) is 19.9 Å². The summed E-state index contributed by atoms with van der Waals surface area (Å²) in [6, 6.07) is 9.58. The Morgan fingerprint density at radius 3 is 2.77 bits per heavy atom. The number of aromatic amines is 1. The molecule has 1 aliphatic heterocycles. The smallest absolute Gasteiger partial charge is 0.252 e. The number of aryl methyl sites for hydroxylation is 1. The number of morpholine rings is 1. The first-order valence-corrected chi connectivity index (χ1v) is 10.8. The summed E-state index contributed by atoms with van der Waals surface area (Å²) < 4.78 is 5.64. The van der Waals surface area contributed by atoms with Gasteiger partial charge < -0.3 is 15.0 Å². The number of hydrogen-bond donors (Lipinski definition) is 2. The van der Waals surface area contributed by atoms with Gasteiger partial charge in [0.1, 0.15) is 5.82 Å². The Morgan fingerprint density at radius 2 is 1.97 bits per heavy atom. The topological polar surface area (TPSA) is 96.0 Å². The van der Waals surface area contributed by atoms with E-state index in [2.05, 4.69) is 27.1 Å². The molecule has 160 valence electrons. The summed E-state index contributed by atoms with van der Waals surface area (Å²) in [4.78, 5) is 30.6. The van der Waals surface area contributed by atoms with Gasteiger partial charge in [0.05, 0.1) is 19.3 Å². The van der Waals surface area contributed by atoms with Crippen LogP contribution in [-0.4, -0.2) is 45.7 Å². The Morgan fingerprint density at radius 1 is 1.13 bits per heavy atom. The van der Waals surface area contributed by atoms with Crippen LogP contribution < -0.4 is 15.8 Å². The summed E-state index contributed by atoms with van der Waals surface area (Å²) in [5.41, 5.74) is 4.09. The van der Waals surface area contributed by atoms with E-state index in [1.165, 1.54) is 36.4 Å². The van der Waals surface area contributed by atoms with Crippen molar-refractivity contribution in [2.45, 2.75) is 38.6 Å². The third-order valence-electron chi connectivity index (χ3n) is 5.88. The number of nitrogens with one attached hydrogen (secondary N) is 2. The van der Waals surface area contributed by atoms with Crippen LogP contribution in [0.5, 0.6) is 0 Å².